The second kappa shape index (κ2) is 7.71. The summed E-state index contributed by atoms with van der Waals surface area (Å²) in [5.41, 5.74) is 1.01. The molecule has 0 unspecified atom stereocenters. The van der Waals surface area contributed by atoms with Gasteiger partial charge in [-0.3, -0.25) is 4.79 Å². The van der Waals surface area contributed by atoms with Gasteiger partial charge < -0.3 is 14.8 Å². The quantitative estimate of drug-likeness (QED) is 0.742. The second-order valence-corrected chi connectivity index (χ2v) is 5.83. The highest BCUT2D eigenvalue weighted by molar-refractivity contribution is 5.84. The zero-order chi connectivity index (χ0) is 17.6. The van der Waals surface area contributed by atoms with E-state index in [0.29, 0.717) is 12.3 Å². The normalized spacial score (nSPS) is 11.8. The first-order valence-corrected chi connectivity index (χ1v) is 8.22. The van der Waals surface area contributed by atoms with Crippen LogP contribution in [-0.2, 0) is 11.3 Å². The van der Waals surface area contributed by atoms with E-state index in [1.807, 2.05) is 66.7 Å². The van der Waals surface area contributed by atoms with Gasteiger partial charge in [-0.15, -0.1) is 0 Å². The third-order valence-corrected chi connectivity index (χ3v) is 4.03. The molecule has 1 amide bonds. The van der Waals surface area contributed by atoms with Crippen molar-refractivity contribution in [3.63, 3.8) is 0 Å². The van der Waals surface area contributed by atoms with Crippen molar-refractivity contribution in [3.05, 3.63) is 72.3 Å². The number of fused-ring (bicyclic) bond motifs is 1. The lowest BCUT2D eigenvalue weighted by Gasteiger charge is -2.15. The van der Waals surface area contributed by atoms with Gasteiger partial charge in [-0.1, -0.05) is 42.5 Å². The molecular weight excluding hydrogens is 314 g/mol. The molecule has 4 nitrogen and oxygen atoms in total. The van der Waals surface area contributed by atoms with Crippen molar-refractivity contribution in [2.45, 2.75) is 19.6 Å². The summed E-state index contributed by atoms with van der Waals surface area (Å²) < 4.78 is 10.9. The molecule has 0 aromatic heterocycles. The smallest absolute Gasteiger partial charge is 0.261 e. The Morgan fingerprint density at radius 3 is 2.36 bits per heavy atom. The van der Waals surface area contributed by atoms with E-state index in [4.69, 9.17) is 9.47 Å². The van der Waals surface area contributed by atoms with E-state index in [-0.39, 0.29) is 5.91 Å². The molecule has 0 saturated carbocycles. The number of nitrogens with one attached hydrogen (secondary N) is 1. The van der Waals surface area contributed by atoms with Crippen molar-refractivity contribution in [2.75, 3.05) is 7.11 Å². The highest BCUT2D eigenvalue weighted by atomic mass is 16.5. The van der Waals surface area contributed by atoms with Crippen molar-refractivity contribution in [3.8, 4) is 11.5 Å². The predicted molar refractivity (Wildman–Crippen MR) is 98.9 cm³/mol. The molecule has 0 aliphatic rings. The van der Waals surface area contributed by atoms with Gasteiger partial charge in [0.05, 0.1) is 7.11 Å². The van der Waals surface area contributed by atoms with Crippen molar-refractivity contribution >= 4 is 16.7 Å². The van der Waals surface area contributed by atoms with Gasteiger partial charge in [-0.25, -0.2) is 0 Å². The van der Waals surface area contributed by atoms with Gasteiger partial charge in [0, 0.05) is 6.54 Å². The number of amides is 1. The lowest BCUT2D eigenvalue weighted by atomic mass is 10.1. The summed E-state index contributed by atoms with van der Waals surface area (Å²) in [6.45, 7) is 2.20. The van der Waals surface area contributed by atoms with Crippen LogP contribution >= 0.6 is 0 Å². The largest absolute Gasteiger partial charge is 0.497 e. The van der Waals surface area contributed by atoms with E-state index in [0.717, 1.165) is 22.1 Å². The number of hydrogen-bond donors (Lipinski definition) is 1. The molecule has 128 valence electrons. The monoisotopic (exact) mass is 335 g/mol. The SMILES string of the molecule is COc1ccc(CNC(=O)[C@@H](C)Oc2ccc3ccccc3c2)cc1. The fraction of sp³-hybridized carbons (Fsp3) is 0.190. The van der Waals surface area contributed by atoms with E-state index in [1.165, 1.54) is 0 Å². The Kier molecular flexibility index (Phi) is 5.19. The summed E-state index contributed by atoms with van der Waals surface area (Å²) in [4.78, 5) is 12.2. The van der Waals surface area contributed by atoms with Gasteiger partial charge in [0.1, 0.15) is 11.5 Å². The van der Waals surface area contributed by atoms with Crippen LogP contribution in [0, 0.1) is 0 Å². The minimum Gasteiger partial charge on any atom is -0.497 e. The van der Waals surface area contributed by atoms with E-state index in [9.17, 15) is 4.79 Å². The van der Waals surface area contributed by atoms with Gasteiger partial charge in [-0.2, -0.15) is 0 Å². The third-order valence-electron chi connectivity index (χ3n) is 4.03. The average Bonchev–Trinajstić information content (AvgIpc) is 2.66. The molecule has 3 aromatic rings. The number of benzene rings is 3. The number of carbonyl (C=O) groups excluding carboxylic acids is 1. The van der Waals surface area contributed by atoms with Gasteiger partial charge in [0.15, 0.2) is 6.10 Å². The van der Waals surface area contributed by atoms with Crippen molar-refractivity contribution < 1.29 is 14.3 Å². The maximum Gasteiger partial charge on any atom is 0.261 e. The lowest BCUT2D eigenvalue weighted by molar-refractivity contribution is -0.127. The van der Waals surface area contributed by atoms with Crippen LogP contribution in [0.2, 0.25) is 0 Å². The molecular formula is C21H21NO3. The molecule has 1 atom stereocenters. The van der Waals surface area contributed by atoms with Crippen LogP contribution in [-0.4, -0.2) is 19.1 Å². The van der Waals surface area contributed by atoms with Crippen molar-refractivity contribution in [2.24, 2.45) is 0 Å². The predicted octanol–water partition coefficient (Wildman–Crippen LogP) is 3.93. The molecule has 0 aliphatic carbocycles. The molecule has 0 fully saturated rings. The molecule has 1 N–H and O–H groups in total. The van der Waals surface area contributed by atoms with Crippen molar-refractivity contribution in [1.82, 2.24) is 5.32 Å². The number of methoxy groups -OCH3 is 1. The molecule has 4 heteroatoms. The fourth-order valence-corrected chi connectivity index (χ4v) is 2.57. The standard InChI is InChI=1S/C21H21NO3/c1-15(21(23)22-14-16-7-10-19(24-2)11-8-16)25-20-12-9-17-5-3-4-6-18(17)13-20/h3-13,15H,14H2,1-2H3,(H,22,23)/t15-/m1/s1. The molecule has 0 heterocycles. The Morgan fingerprint density at radius 1 is 0.960 bits per heavy atom. The molecule has 25 heavy (non-hydrogen) atoms. The summed E-state index contributed by atoms with van der Waals surface area (Å²) in [5, 5.41) is 5.12. The highest BCUT2D eigenvalue weighted by Gasteiger charge is 2.14. The average molecular weight is 335 g/mol. The molecule has 3 aromatic carbocycles. The minimum atomic E-state index is -0.570. The van der Waals surface area contributed by atoms with E-state index in [2.05, 4.69) is 5.32 Å². The van der Waals surface area contributed by atoms with E-state index in [1.54, 1.807) is 14.0 Å². The van der Waals surface area contributed by atoms with Gasteiger partial charge >= 0.3 is 0 Å². The maximum absolute atomic E-state index is 12.2. The van der Waals surface area contributed by atoms with Gasteiger partial charge in [-0.05, 0) is 47.5 Å². The van der Waals surface area contributed by atoms with Crippen LogP contribution in [0.3, 0.4) is 0 Å². The number of rotatable bonds is 6. The number of carbonyl (C=O) groups is 1. The first-order chi connectivity index (χ1) is 12.2. The van der Waals surface area contributed by atoms with Gasteiger partial charge in [0.2, 0.25) is 0 Å². The third kappa shape index (κ3) is 4.29. The van der Waals surface area contributed by atoms with Crippen LogP contribution in [0.1, 0.15) is 12.5 Å². The molecule has 0 radical (unpaired) electrons. The zero-order valence-electron chi connectivity index (χ0n) is 14.4. The van der Waals surface area contributed by atoms with E-state index < -0.39 is 6.10 Å². The zero-order valence-corrected chi connectivity index (χ0v) is 14.4. The first-order valence-electron chi connectivity index (χ1n) is 8.22. The Labute approximate surface area is 147 Å². The van der Waals surface area contributed by atoms with Crippen molar-refractivity contribution in [1.29, 1.82) is 0 Å². The highest BCUT2D eigenvalue weighted by Crippen LogP contribution is 2.21. The Morgan fingerprint density at radius 2 is 1.64 bits per heavy atom. The summed E-state index contributed by atoms with van der Waals surface area (Å²) >= 11 is 0. The summed E-state index contributed by atoms with van der Waals surface area (Å²) in [6.07, 6.45) is -0.570. The van der Waals surface area contributed by atoms with Gasteiger partial charge in [0.25, 0.3) is 5.91 Å². The molecule has 0 spiro atoms. The molecule has 3 rings (SSSR count). The first kappa shape index (κ1) is 16.8. The van der Waals surface area contributed by atoms with Crippen LogP contribution in [0.25, 0.3) is 10.8 Å². The van der Waals surface area contributed by atoms with Crippen LogP contribution in [0.5, 0.6) is 11.5 Å². The fourth-order valence-electron chi connectivity index (χ4n) is 2.57. The number of hydrogen-bond acceptors (Lipinski definition) is 3. The molecule has 0 aliphatic heterocycles. The second-order valence-electron chi connectivity index (χ2n) is 5.83. The summed E-state index contributed by atoms with van der Waals surface area (Å²) in [7, 11) is 1.63. The maximum atomic E-state index is 12.2. The van der Waals surface area contributed by atoms with Crippen LogP contribution < -0.4 is 14.8 Å². The molecule has 0 saturated heterocycles. The summed E-state index contributed by atoms with van der Waals surface area (Å²) in [6, 6.07) is 21.5. The van der Waals surface area contributed by atoms with Crippen LogP contribution in [0.4, 0.5) is 0 Å². The number of ether oxygens (including phenoxy) is 2. The Hall–Kier alpha value is -3.01. The summed E-state index contributed by atoms with van der Waals surface area (Å²) in [5.74, 6) is 1.33. The van der Waals surface area contributed by atoms with Crippen LogP contribution in [0.15, 0.2) is 66.7 Å². The Balaban J connectivity index is 1.57. The minimum absolute atomic E-state index is 0.149. The Bertz CT molecular complexity index is 858. The molecule has 0 bridgehead atoms. The lowest BCUT2D eigenvalue weighted by Crippen LogP contribution is -2.35. The topological polar surface area (TPSA) is 47.6 Å². The van der Waals surface area contributed by atoms with E-state index >= 15 is 0 Å².